The van der Waals surface area contributed by atoms with Crippen LogP contribution in [-0.2, 0) is 23.5 Å². The molecule has 4 aromatic rings. The van der Waals surface area contributed by atoms with Crippen molar-refractivity contribution < 1.29 is 9.66 Å². The van der Waals surface area contributed by atoms with Crippen LogP contribution in [0, 0.1) is 10.1 Å². The van der Waals surface area contributed by atoms with E-state index >= 15 is 0 Å². The number of non-ortho nitro benzene ring substituents is 1. The maximum absolute atomic E-state index is 10.8. The number of ether oxygens (including phenoxy) is 1. The smallest absolute Gasteiger partial charge is 0.269 e. The van der Waals surface area contributed by atoms with E-state index in [1.165, 1.54) is 29.5 Å². The van der Waals surface area contributed by atoms with E-state index in [1.54, 1.807) is 27.9 Å². The molecule has 0 fully saturated rings. The first-order chi connectivity index (χ1) is 14.3. The summed E-state index contributed by atoms with van der Waals surface area (Å²) in [4.78, 5) is 17.0. The molecule has 0 atom stereocenters. The van der Waals surface area contributed by atoms with Gasteiger partial charge in [-0.05, 0) is 25.0 Å². The summed E-state index contributed by atoms with van der Waals surface area (Å²) >= 11 is 3.06. The maximum Gasteiger partial charge on any atom is 0.269 e. The monoisotopic (exact) mass is 442 g/mol. The molecule has 0 radical (unpaired) electrons. The summed E-state index contributed by atoms with van der Waals surface area (Å²) in [5.41, 5.74) is 8.95. The lowest BCUT2D eigenvalue weighted by atomic mass is 9.94. The SMILES string of the molecule is CC1(C)Cc2c(sc3nc(N)n4c(SCc5ccc([N+](=O)[O-])cc5)nnc4c23)CO1. The number of aromatic nitrogens is 4. The maximum atomic E-state index is 10.8. The van der Waals surface area contributed by atoms with Crippen molar-refractivity contribution in [3.8, 4) is 0 Å². The second-order valence-electron chi connectivity index (χ2n) is 7.73. The predicted octanol–water partition coefficient (Wildman–Crippen LogP) is 3.97. The van der Waals surface area contributed by atoms with Crippen LogP contribution in [0.2, 0.25) is 0 Å². The lowest BCUT2D eigenvalue weighted by Gasteiger charge is -2.30. The van der Waals surface area contributed by atoms with Gasteiger partial charge in [0.15, 0.2) is 10.8 Å². The minimum Gasteiger partial charge on any atom is -0.370 e. The summed E-state index contributed by atoms with van der Waals surface area (Å²) in [5, 5.41) is 21.2. The summed E-state index contributed by atoms with van der Waals surface area (Å²) in [5.74, 6) is 0.922. The van der Waals surface area contributed by atoms with Crippen molar-refractivity contribution in [2.24, 2.45) is 0 Å². The minimum absolute atomic E-state index is 0.0710. The van der Waals surface area contributed by atoms with E-state index in [-0.39, 0.29) is 11.3 Å². The fourth-order valence-electron chi connectivity index (χ4n) is 3.60. The van der Waals surface area contributed by atoms with Crippen LogP contribution < -0.4 is 5.73 Å². The van der Waals surface area contributed by atoms with Gasteiger partial charge in [0.05, 0.1) is 22.5 Å². The van der Waals surface area contributed by atoms with Gasteiger partial charge in [0.2, 0.25) is 5.95 Å². The number of hydrogen-bond acceptors (Lipinski definition) is 9. The number of rotatable bonds is 4. The molecule has 0 saturated heterocycles. The first-order valence-electron chi connectivity index (χ1n) is 9.27. The summed E-state index contributed by atoms with van der Waals surface area (Å²) in [6.45, 7) is 4.72. The molecule has 3 aromatic heterocycles. The Labute approximate surface area is 179 Å². The molecule has 0 unspecified atom stereocenters. The molecule has 5 rings (SSSR count). The lowest BCUT2D eigenvalue weighted by Crippen LogP contribution is -2.31. The van der Waals surface area contributed by atoms with Gasteiger partial charge in [0, 0.05) is 29.2 Å². The highest BCUT2D eigenvalue weighted by Crippen LogP contribution is 2.40. The number of nitrogens with two attached hydrogens (primary N) is 1. The Kier molecular flexibility index (Phi) is 4.42. The van der Waals surface area contributed by atoms with Gasteiger partial charge in [-0.3, -0.25) is 10.1 Å². The second-order valence-corrected chi connectivity index (χ2v) is 9.76. The van der Waals surface area contributed by atoms with Gasteiger partial charge in [-0.15, -0.1) is 21.5 Å². The number of nitro groups is 1. The molecule has 0 saturated carbocycles. The first kappa shape index (κ1) is 19.2. The van der Waals surface area contributed by atoms with Gasteiger partial charge >= 0.3 is 0 Å². The number of thioether (sulfide) groups is 1. The van der Waals surface area contributed by atoms with Crippen LogP contribution in [0.15, 0.2) is 29.4 Å². The molecule has 1 aliphatic heterocycles. The topological polar surface area (TPSA) is 121 Å². The number of nitrogen functional groups attached to an aromatic ring is 1. The van der Waals surface area contributed by atoms with Gasteiger partial charge in [-0.25, -0.2) is 9.38 Å². The van der Waals surface area contributed by atoms with Gasteiger partial charge in [0.1, 0.15) is 4.83 Å². The summed E-state index contributed by atoms with van der Waals surface area (Å²) in [7, 11) is 0. The molecule has 1 aliphatic rings. The Morgan fingerprint density at radius 1 is 1.33 bits per heavy atom. The van der Waals surface area contributed by atoms with E-state index in [2.05, 4.69) is 29.0 Å². The average molecular weight is 443 g/mol. The van der Waals surface area contributed by atoms with E-state index in [0.29, 0.717) is 29.1 Å². The molecule has 0 spiro atoms. The molecule has 4 heterocycles. The lowest BCUT2D eigenvalue weighted by molar-refractivity contribution is -0.384. The van der Waals surface area contributed by atoms with Gasteiger partial charge in [0.25, 0.3) is 5.69 Å². The van der Waals surface area contributed by atoms with Crippen LogP contribution in [0.25, 0.3) is 15.9 Å². The number of fused-ring (bicyclic) bond motifs is 5. The van der Waals surface area contributed by atoms with Crippen molar-refractivity contribution >= 4 is 50.6 Å². The second kappa shape index (κ2) is 6.89. The van der Waals surface area contributed by atoms with Crippen LogP contribution in [-0.4, -0.2) is 30.1 Å². The highest BCUT2D eigenvalue weighted by atomic mass is 32.2. The van der Waals surface area contributed by atoms with E-state index in [4.69, 9.17) is 10.5 Å². The zero-order valence-electron chi connectivity index (χ0n) is 16.3. The third kappa shape index (κ3) is 3.18. The fraction of sp³-hybridized carbons (Fsp3) is 0.316. The van der Waals surface area contributed by atoms with Crippen molar-refractivity contribution in [2.45, 2.75) is 43.4 Å². The van der Waals surface area contributed by atoms with Crippen molar-refractivity contribution in [1.82, 2.24) is 19.6 Å². The van der Waals surface area contributed by atoms with E-state index < -0.39 is 4.92 Å². The van der Waals surface area contributed by atoms with Crippen LogP contribution in [0.5, 0.6) is 0 Å². The molecule has 154 valence electrons. The largest absolute Gasteiger partial charge is 0.370 e. The Morgan fingerprint density at radius 3 is 2.83 bits per heavy atom. The van der Waals surface area contributed by atoms with Crippen molar-refractivity contribution in [3.05, 3.63) is 50.4 Å². The summed E-state index contributed by atoms with van der Waals surface area (Å²) in [6.07, 6.45) is 0.779. The molecule has 30 heavy (non-hydrogen) atoms. The van der Waals surface area contributed by atoms with Crippen molar-refractivity contribution in [3.63, 3.8) is 0 Å². The Bertz CT molecular complexity index is 1300. The zero-order chi connectivity index (χ0) is 21.0. The van der Waals surface area contributed by atoms with Crippen molar-refractivity contribution in [2.75, 3.05) is 5.73 Å². The number of thiophene rings is 1. The van der Waals surface area contributed by atoms with E-state index in [9.17, 15) is 10.1 Å². The molecule has 0 amide bonds. The Hall–Kier alpha value is -2.76. The molecule has 2 N–H and O–H groups in total. The molecule has 1 aromatic carbocycles. The number of nitro benzene ring substituents is 1. The number of anilines is 1. The molecular formula is C19H18N6O3S2. The molecule has 0 bridgehead atoms. The average Bonchev–Trinajstić information content (AvgIpc) is 3.27. The minimum atomic E-state index is -0.408. The molecule has 0 aliphatic carbocycles. The zero-order valence-corrected chi connectivity index (χ0v) is 17.9. The molecule has 9 nitrogen and oxygen atoms in total. The number of benzene rings is 1. The highest BCUT2D eigenvalue weighted by Gasteiger charge is 2.31. The normalized spacial score (nSPS) is 15.5. The number of hydrogen-bond donors (Lipinski definition) is 1. The molecule has 11 heteroatoms. The Morgan fingerprint density at radius 2 is 2.10 bits per heavy atom. The summed E-state index contributed by atoms with van der Waals surface area (Å²) in [6, 6.07) is 6.48. The van der Waals surface area contributed by atoms with Crippen molar-refractivity contribution in [1.29, 1.82) is 0 Å². The summed E-state index contributed by atoms with van der Waals surface area (Å²) < 4.78 is 7.73. The third-order valence-corrected chi connectivity index (χ3v) is 7.19. The van der Waals surface area contributed by atoms with Crippen LogP contribution in [0.3, 0.4) is 0 Å². The number of nitrogens with zero attached hydrogens (tertiary/aromatic N) is 5. The van der Waals surface area contributed by atoms with Gasteiger partial charge in [-0.2, -0.15) is 0 Å². The van der Waals surface area contributed by atoms with Crippen LogP contribution in [0.1, 0.15) is 29.9 Å². The third-order valence-electron chi connectivity index (χ3n) is 5.09. The van der Waals surface area contributed by atoms with Gasteiger partial charge in [-0.1, -0.05) is 23.9 Å². The van der Waals surface area contributed by atoms with Crippen LogP contribution >= 0.6 is 23.1 Å². The van der Waals surface area contributed by atoms with E-state index in [1.807, 2.05) is 0 Å². The highest BCUT2D eigenvalue weighted by molar-refractivity contribution is 7.98. The quantitative estimate of drug-likeness (QED) is 0.286. The predicted molar refractivity (Wildman–Crippen MR) is 116 cm³/mol. The first-order valence-corrected chi connectivity index (χ1v) is 11.1. The fourth-order valence-corrected chi connectivity index (χ4v) is 5.60. The van der Waals surface area contributed by atoms with E-state index in [0.717, 1.165) is 27.1 Å². The molecular weight excluding hydrogens is 424 g/mol. The standard InChI is InChI=1S/C19H18N6O3S2/c1-19(2)7-12-13(8-28-19)30-16-14(12)15-22-23-18(24(15)17(20)21-16)29-9-10-3-5-11(6-4-10)25(26)27/h3-6H,7-9H2,1-2H3,(H2,20,21). The van der Waals surface area contributed by atoms with Gasteiger partial charge < -0.3 is 10.5 Å². The van der Waals surface area contributed by atoms with Crippen LogP contribution in [0.4, 0.5) is 11.6 Å². The Balaban J connectivity index is 1.52.